The molecule has 0 spiro atoms. The predicted molar refractivity (Wildman–Crippen MR) is 79.2 cm³/mol. The molecule has 1 aliphatic carbocycles. The van der Waals surface area contributed by atoms with E-state index < -0.39 is 0 Å². The lowest BCUT2D eigenvalue weighted by Crippen LogP contribution is -2.40. The number of hydrogen-bond donors (Lipinski definition) is 2. The number of carbonyl (C=O) groups excluding carboxylic acids is 1. The summed E-state index contributed by atoms with van der Waals surface area (Å²) >= 11 is 0. The molecule has 0 aliphatic heterocycles. The van der Waals surface area contributed by atoms with E-state index in [4.69, 9.17) is 14.7 Å². The van der Waals surface area contributed by atoms with Gasteiger partial charge in [-0.3, -0.25) is 4.79 Å². The van der Waals surface area contributed by atoms with Crippen LogP contribution in [0.15, 0.2) is 33.4 Å². The Morgan fingerprint density at radius 1 is 1.29 bits per heavy atom. The molecule has 2 heterocycles. The molecule has 0 atom stereocenters. The molecular weight excluding hydrogens is 294 g/mol. The zero-order valence-electron chi connectivity index (χ0n) is 11.5. The van der Waals surface area contributed by atoms with Gasteiger partial charge in [0.05, 0.1) is 6.26 Å². The third-order valence-electron chi connectivity index (χ3n) is 3.61. The summed E-state index contributed by atoms with van der Waals surface area (Å²) in [5.41, 5.74) is 6.12. The van der Waals surface area contributed by atoms with Crippen LogP contribution in [-0.4, -0.2) is 23.1 Å². The molecule has 3 rings (SSSR count). The zero-order chi connectivity index (χ0) is 13.9. The fraction of sp³-hybridized carbons (Fsp3) is 0.429. The molecule has 21 heavy (non-hydrogen) atoms. The molecule has 6 nitrogen and oxygen atoms in total. The number of aromatic nitrogens is 1. The maximum Gasteiger partial charge on any atom is 0.273 e. The molecule has 114 valence electrons. The molecule has 0 unspecified atom stereocenters. The summed E-state index contributed by atoms with van der Waals surface area (Å²) in [7, 11) is 0. The number of hydrogen-bond acceptors (Lipinski definition) is 5. The first-order valence-electron chi connectivity index (χ1n) is 6.79. The van der Waals surface area contributed by atoms with Crippen molar-refractivity contribution < 1.29 is 13.7 Å². The number of nitrogens with one attached hydrogen (secondary N) is 1. The van der Waals surface area contributed by atoms with E-state index in [9.17, 15) is 4.79 Å². The maximum absolute atomic E-state index is 12.1. The Bertz CT molecular complexity index is 574. The van der Waals surface area contributed by atoms with Crippen molar-refractivity contribution in [2.24, 2.45) is 5.73 Å². The summed E-state index contributed by atoms with van der Waals surface area (Å²) in [6.45, 7) is 0. The first kappa shape index (κ1) is 15.6. The van der Waals surface area contributed by atoms with Crippen LogP contribution in [0.1, 0.15) is 36.2 Å². The van der Waals surface area contributed by atoms with Gasteiger partial charge < -0.3 is 20.0 Å². The lowest BCUT2D eigenvalue weighted by atomic mass is 9.92. The van der Waals surface area contributed by atoms with E-state index in [0.717, 1.165) is 25.7 Å². The average Bonchev–Trinajstić information content (AvgIpc) is 3.11. The van der Waals surface area contributed by atoms with E-state index in [1.54, 1.807) is 24.5 Å². The van der Waals surface area contributed by atoms with Gasteiger partial charge in [-0.1, -0.05) is 5.16 Å². The van der Waals surface area contributed by atoms with E-state index in [1.165, 1.54) is 0 Å². The van der Waals surface area contributed by atoms with E-state index in [-0.39, 0.29) is 36.1 Å². The molecular formula is C14H18ClN3O3. The van der Waals surface area contributed by atoms with Gasteiger partial charge in [0.25, 0.3) is 5.91 Å². The summed E-state index contributed by atoms with van der Waals surface area (Å²) in [5.74, 6) is 0.790. The van der Waals surface area contributed by atoms with Crippen molar-refractivity contribution in [2.75, 3.05) is 0 Å². The molecule has 0 radical (unpaired) electrons. The van der Waals surface area contributed by atoms with Gasteiger partial charge in [0.1, 0.15) is 0 Å². The molecule has 1 amide bonds. The third-order valence-corrected chi connectivity index (χ3v) is 3.61. The minimum Gasteiger partial charge on any atom is -0.461 e. The monoisotopic (exact) mass is 311 g/mol. The summed E-state index contributed by atoms with van der Waals surface area (Å²) in [6, 6.07) is 5.53. The maximum atomic E-state index is 12.1. The lowest BCUT2D eigenvalue weighted by Gasteiger charge is -2.26. The van der Waals surface area contributed by atoms with Gasteiger partial charge in [-0.2, -0.15) is 0 Å². The van der Waals surface area contributed by atoms with Crippen LogP contribution in [-0.2, 0) is 0 Å². The van der Waals surface area contributed by atoms with Crippen molar-refractivity contribution in [3.8, 4) is 11.5 Å². The number of halogens is 1. The number of carbonyl (C=O) groups is 1. The smallest absolute Gasteiger partial charge is 0.273 e. The van der Waals surface area contributed by atoms with Crippen LogP contribution in [0.2, 0.25) is 0 Å². The Morgan fingerprint density at radius 3 is 2.71 bits per heavy atom. The summed E-state index contributed by atoms with van der Waals surface area (Å²) in [4.78, 5) is 12.1. The normalized spacial score (nSPS) is 21.6. The van der Waals surface area contributed by atoms with E-state index in [2.05, 4.69) is 10.5 Å². The van der Waals surface area contributed by atoms with Crippen LogP contribution in [0, 0.1) is 0 Å². The quantitative estimate of drug-likeness (QED) is 0.907. The summed E-state index contributed by atoms with van der Waals surface area (Å²) in [6.07, 6.45) is 5.26. The van der Waals surface area contributed by atoms with Crippen LogP contribution >= 0.6 is 12.4 Å². The number of rotatable bonds is 3. The SMILES string of the molecule is Cl.NC1CCC(NC(=O)c2cc(-c3ccco3)on2)CC1. The fourth-order valence-electron chi connectivity index (χ4n) is 2.44. The number of furan rings is 1. The average molecular weight is 312 g/mol. The van der Waals surface area contributed by atoms with Crippen LogP contribution in [0.25, 0.3) is 11.5 Å². The van der Waals surface area contributed by atoms with Gasteiger partial charge in [-0.15, -0.1) is 12.4 Å². The van der Waals surface area contributed by atoms with Gasteiger partial charge in [-0.05, 0) is 37.8 Å². The minimum absolute atomic E-state index is 0. The third kappa shape index (κ3) is 3.65. The van der Waals surface area contributed by atoms with Crippen LogP contribution < -0.4 is 11.1 Å². The Labute approximate surface area is 128 Å². The molecule has 3 N–H and O–H groups in total. The van der Waals surface area contributed by atoms with Gasteiger partial charge in [-0.25, -0.2) is 0 Å². The number of amides is 1. The topological polar surface area (TPSA) is 94.3 Å². The van der Waals surface area contributed by atoms with Crippen molar-refractivity contribution in [1.82, 2.24) is 10.5 Å². The molecule has 0 aromatic carbocycles. The predicted octanol–water partition coefficient (Wildman–Crippen LogP) is 2.36. The molecule has 7 heteroatoms. The second-order valence-electron chi connectivity index (χ2n) is 5.14. The Hall–Kier alpha value is -1.79. The van der Waals surface area contributed by atoms with Crippen molar-refractivity contribution in [2.45, 2.75) is 37.8 Å². The van der Waals surface area contributed by atoms with Crippen molar-refractivity contribution in [3.63, 3.8) is 0 Å². The first-order chi connectivity index (χ1) is 9.72. The second kappa shape index (κ2) is 6.78. The molecule has 0 saturated heterocycles. The Morgan fingerprint density at radius 2 is 2.05 bits per heavy atom. The standard InChI is InChI=1S/C14H17N3O3.ClH/c15-9-3-5-10(6-4-9)16-14(18)11-8-13(20-17-11)12-2-1-7-19-12;/h1-2,7-10H,3-6,15H2,(H,16,18);1H. The first-order valence-corrected chi connectivity index (χ1v) is 6.79. The van der Waals surface area contributed by atoms with Crippen molar-refractivity contribution in [1.29, 1.82) is 0 Å². The fourth-order valence-corrected chi connectivity index (χ4v) is 2.44. The molecule has 1 fully saturated rings. The van der Waals surface area contributed by atoms with Crippen molar-refractivity contribution >= 4 is 18.3 Å². The molecule has 2 aromatic rings. The highest BCUT2D eigenvalue weighted by Crippen LogP contribution is 2.21. The number of nitrogens with two attached hydrogens (primary N) is 1. The Balaban J connectivity index is 0.00000161. The molecule has 1 saturated carbocycles. The minimum atomic E-state index is -0.216. The highest BCUT2D eigenvalue weighted by molar-refractivity contribution is 5.93. The zero-order valence-corrected chi connectivity index (χ0v) is 12.3. The Kier molecular flexibility index (Phi) is 5.03. The summed E-state index contributed by atoms with van der Waals surface area (Å²) in [5, 5.41) is 6.75. The van der Waals surface area contributed by atoms with E-state index in [1.807, 2.05) is 0 Å². The van der Waals surface area contributed by atoms with E-state index in [0.29, 0.717) is 11.5 Å². The molecule has 0 bridgehead atoms. The molecule has 1 aliphatic rings. The number of nitrogens with zero attached hydrogens (tertiary/aromatic N) is 1. The van der Waals surface area contributed by atoms with Gasteiger partial charge in [0, 0.05) is 18.2 Å². The van der Waals surface area contributed by atoms with Crippen LogP contribution in [0.5, 0.6) is 0 Å². The summed E-state index contributed by atoms with van der Waals surface area (Å²) < 4.78 is 10.3. The van der Waals surface area contributed by atoms with Gasteiger partial charge in [0.2, 0.25) is 5.76 Å². The highest BCUT2D eigenvalue weighted by Gasteiger charge is 2.22. The lowest BCUT2D eigenvalue weighted by molar-refractivity contribution is 0.0916. The van der Waals surface area contributed by atoms with Crippen LogP contribution in [0.4, 0.5) is 0 Å². The van der Waals surface area contributed by atoms with Gasteiger partial charge >= 0.3 is 0 Å². The van der Waals surface area contributed by atoms with Crippen LogP contribution in [0.3, 0.4) is 0 Å². The van der Waals surface area contributed by atoms with E-state index >= 15 is 0 Å². The largest absolute Gasteiger partial charge is 0.461 e. The highest BCUT2D eigenvalue weighted by atomic mass is 35.5. The molecule has 2 aromatic heterocycles. The van der Waals surface area contributed by atoms with Gasteiger partial charge in [0.15, 0.2) is 11.5 Å². The second-order valence-corrected chi connectivity index (χ2v) is 5.14. The van der Waals surface area contributed by atoms with Crippen molar-refractivity contribution in [3.05, 3.63) is 30.2 Å².